The minimum absolute atomic E-state index is 0.0744. The number of amides is 2. The van der Waals surface area contributed by atoms with Gasteiger partial charge in [-0.1, -0.05) is 42.4 Å². The number of aromatic nitrogens is 1. The highest BCUT2D eigenvalue weighted by molar-refractivity contribution is 7.99. The number of methoxy groups -OCH3 is 1. The van der Waals surface area contributed by atoms with Gasteiger partial charge >= 0.3 is 17.8 Å². The molecule has 0 radical (unpaired) electrons. The Hall–Kier alpha value is -3.86. The average Bonchev–Trinajstić information content (AvgIpc) is 2.98. The molecule has 11 nitrogen and oxygen atoms in total. The van der Waals surface area contributed by atoms with Crippen molar-refractivity contribution in [2.75, 3.05) is 18.3 Å². The minimum atomic E-state index is -2.05. The van der Waals surface area contributed by atoms with Crippen molar-refractivity contribution < 1.29 is 43.4 Å². The maximum Gasteiger partial charge on any atom is 0.337 e. The molecule has 0 fully saturated rings. The van der Waals surface area contributed by atoms with Crippen LogP contribution in [-0.2, 0) is 18.9 Å². The van der Waals surface area contributed by atoms with E-state index in [4.69, 9.17) is 4.74 Å². The molecule has 0 aliphatic heterocycles. The molecule has 0 bridgehead atoms. The standard InChI is InChI=1S/C29H32N3O8PS/c1-17(2)15-22(26(34)30-18(3)27(35)36)29(38,41-39)16-42-24-14-13-19-7-5-6-8-23(19)32(24)31-25(33)20-9-11-21(12-10-20)28(37)40-4/h5-14,17-18,22,38H,15-16H2,1-4H3,(H2-,30,31,33,34,35,36)/p+1/t18-,22?,29?/m0/s1. The molecule has 0 spiro atoms. The van der Waals surface area contributed by atoms with E-state index in [2.05, 4.69) is 10.7 Å². The normalized spacial score (nSPS) is 14.1. The van der Waals surface area contributed by atoms with Crippen LogP contribution in [-0.4, -0.2) is 58.2 Å². The van der Waals surface area contributed by atoms with Crippen molar-refractivity contribution in [1.82, 2.24) is 5.32 Å². The summed E-state index contributed by atoms with van der Waals surface area (Å²) in [4.78, 5) is 49.4. The van der Waals surface area contributed by atoms with Gasteiger partial charge in [-0.2, -0.15) is 0 Å². The Morgan fingerprint density at radius 2 is 1.64 bits per heavy atom. The van der Waals surface area contributed by atoms with Crippen molar-refractivity contribution in [2.45, 2.75) is 43.6 Å². The Morgan fingerprint density at radius 1 is 1.00 bits per heavy atom. The van der Waals surface area contributed by atoms with Crippen LogP contribution in [0.15, 0.2) is 65.7 Å². The zero-order valence-electron chi connectivity index (χ0n) is 23.6. The second kappa shape index (κ2) is 14.4. The number of para-hydroxylation sites is 1. The molecule has 13 heteroatoms. The Bertz CT molecular complexity index is 1480. The summed E-state index contributed by atoms with van der Waals surface area (Å²) in [7, 11) is 0.555. The van der Waals surface area contributed by atoms with E-state index < -0.39 is 49.5 Å². The van der Waals surface area contributed by atoms with Crippen molar-refractivity contribution in [3.05, 3.63) is 71.8 Å². The van der Waals surface area contributed by atoms with Gasteiger partial charge in [0.05, 0.1) is 18.6 Å². The van der Waals surface area contributed by atoms with Crippen molar-refractivity contribution in [2.24, 2.45) is 11.8 Å². The Kier molecular flexibility index (Phi) is 11.2. The summed E-state index contributed by atoms with van der Waals surface area (Å²) < 4.78 is 18.6. The lowest BCUT2D eigenvalue weighted by Gasteiger charge is -2.30. The SMILES string of the molecule is COC(=O)c1ccc(C(=O)N[n+]2c(SCC(O)(P=O)C(CC(C)C)C(=O)N[C@@H](C)C(=O)O)ccc3ccccc32)cc1. The fourth-order valence-corrected chi connectivity index (χ4v) is 5.93. The summed E-state index contributed by atoms with van der Waals surface area (Å²) in [5.41, 5.74) is 4.04. The molecule has 3 atom stereocenters. The van der Waals surface area contributed by atoms with E-state index in [-0.39, 0.29) is 29.2 Å². The number of carboxylic acid groups (broad SMARTS) is 1. The van der Waals surface area contributed by atoms with Crippen LogP contribution in [0.2, 0.25) is 0 Å². The molecule has 2 unspecified atom stereocenters. The molecule has 2 aromatic carbocycles. The van der Waals surface area contributed by atoms with Crippen LogP contribution in [0.3, 0.4) is 0 Å². The number of benzene rings is 2. The Balaban J connectivity index is 1.94. The first-order valence-electron chi connectivity index (χ1n) is 13.1. The van der Waals surface area contributed by atoms with Gasteiger partial charge in [-0.15, -0.1) is 5.43 Å². The molecule has 0 saturated carbocycles. The molecular formula is C29H33N3O8PS+. The first kappa shape index (κ1) is 32.7. The number of nitrogens with one attached hydrogen (secondary N) is 2. The quantitative estimate of drug-likeness (QED) is 0.0975. The van der Waals surface area contributed by atoms with Gasteiger partial charge in [0.15, 0.2) is 13.8 Å². The fraction of sp³-hybridized carbons (Fsp3) is 0.345. The summed E-state index contributed by atoms with van der Waals surface area (Å²) in [5, 5.41) is 22.3. The predicted octanol–water partition coefficient (Wildman–Crippen LogP) is 3.62. The Labute approximate surface area is 248 Å². The van der Waals surface area contributed by atoms with Crippen LogP contribution >= 0.6 is 20.2 Å². The molecule has 2 amide bonds. The lowest BCUT2D eigenvalue weighted by molar-refractivity contribution is -0.653. The van der Waals surface area contributed by atoms with Crippen LogP contribution < -0.4 is 15.4 Å². The number of carboxylic acids is 1. The first-order chi connectivity index (χ1) is 19.9. The van der Waals surface area contributed by atoms with E-state index in [0.29, 0.717) is 10.5 Å². The predicted molar refractivity (Wildman–Crippen MR) is 157 cm³/mol. The fourth-order valence-electron chi connectivity index (χ4n) is 4.18. The second-order valence-corrected chi connectivity index (χ2v) is 12.0. The highest BCUT2D eigenvalue weighted by Crippen LogP contribution is 2.38. The maximum atomic E-state index is 13.2. The van der Waals surface area contributed by atoms with Crippen LogP contribution in [0.1, 0.15) is 47.9 Å². The van der Waals surface area contributed by atoms with Gasteiger partial charge in [0, 0.05) is 28.8 Å². The van der Waals surface area contributed by atoms with Crippen LogP contribution in [0, 0.1) is 11.8 Å². The average molecular weight is 615 g/mol. The summed E-state index contributed by atoms with van der Waals surface area (Å²) >= 11 is 1.07. The third-order valence-electron chi connectivity index (χ3n) is 6.49. The smallest absolute Gasteiger partial charge is 0.337 e. The van der Waals surface area contributed by atoms with Crippen LogP contribution in [0.25, 0.3) is 10.9 Å². The summed E-state index contributed by atoms with van der Waals surface area (Å²) in [5.74, 6) is -4.44. The van der Waals surface area contributed by atoms with E-state index in [1.54, 1.807) is 18.2 Å². The van der Waals surface area contributed by atoms with E-state index >= 15 is 0 Å². The van der Waals surface area contributed by atoms with Gasteiger partial charge in [0.1, 0.15) is 6.04 Å². The molecule has 1 heterocycles. The van der Waals surface area contributed by atoms with E-state index in [1.165, 1.54) is 43.0 Å². The number of fused-ring (bicyclic) bond motifs is 1. The molecule has 222 valence electrons. The van der Waals surface area contributed by atoms with Crippen molar-refractivity contribution >= 4 is 54.9 Å². The monoisotopic (exact) mass is 614 g/mol. The topological polar surface area (TPSA) is 163 Å². The zero-order valence-corrected chi connectivity index (χ0v) is 25.3. The molecular weight excluding hydrogens is 581 g/mol. The molecule has 0 saturated heterocycles. The molecule has 0 aliphatic carbocycles. The van der Waals surface area contributed by atoms with Gasteiger partial charge in [-0.3, -0.25) is 18.9 Å². The summed E-state index contributed by atoms with van der Waals surface area (Å²) in [6.07, 6.45) is 0.153. The number of thioether (sulfide) groups is 1. The second-order valence-electron chi connectivity index (χ2n) is 10.1. The zero-order chi connectivity index (χ0) is 31.0. The highest BCUT2D eigenvalue weighted by atomic mass is 32.2. The van der Waals surface area contributed by atoms with Gasteiger partial charge < -0.3 is 20.3 Å². The number of carbonyl (C=O) groups excluding carboxylic acids is 3. The lowest BCUT2D eigenvalue weighted by Crippen LogP contribution is -2.52. The van der Waals surface area contributed by atoms with Gasteiger partial charge in [-0.25, -0.2) is 4.79 Å². The molecule has 3 aromatic rings. The first-order valence-corrected chi connectivity index (χ1v) is 14.9. The number of hydrogen-bond donors (Lipinski definition) is 4. The van der Waals surface area contributed by atoms with Crippen molar-refractivity contribution in [1.29, 1.82) is 0 Å². The van der Waals surface area contributed by atoms with E-state index in [1.807, 2.05) is 32.0 Å². The number of aliphatic carboxylic acids is 1. The number of esters is 1. The summed E-state index contributed by atoms with van der Waals surface area (Å²) in [6, 6.07) is 15.6. The maximum absolute atomic E-state index is 13.2. The lowest BCUT2D eigenvalue weighted by atomic mass is 9.91. The van der Waals surface area contributed by atoms with Crippen LogP contribution in [0.4, 0.5) is 0 Å². The molecule has 4 N–H and O–H groups in total. The molecule has 3 rings (SSSR count). The summed E-state index contributed by atoms with van der Waals surface area (Å²) in [6.45, 7) is 4.97. The number of rotatable bonds is 13. The number of hydrogen-bond acceptors (Lipinski definition) is 8. The van der Waals surface area contributed by atoms with Crippen molar-refractivity contribution in [3.63, 3.8) is 0 Å². The molecule has 42 heavy (non-hydrogen) atoms. The number of aliphatic hydroxyl groups is 1. The van der Waals surface area contributed by atoms with Crippen molar-refractivity contribution in [3.8, 4) is 0 Å². The third kappa shape index (κ3) is 7.90. The van der Waals surface area contributed by atoms with Gasteiger partial charge in [0.2, 0.25) is 11.4 Å². The number of pyridine rings is 1. The molecule has 0 aliphatic rings. The highest BCUT2D eigenvalue weighted by Gasteiger charge is 2.44. The Morgan fingerprint density at radius 3 is 2.24 bits per heavy atom. The minimum Gasteiger partial charge on any atom is -0.480 e. The largest absolute Gasteiger partial charge is 0.480 e. The van der Waals surface area contributed by atoms with Gasteiger partial charge in [0.25, 0.3) is 5.03 Å². The van der Waals surface area contributed by atoms with E-state index in [0.717, 1.165) is 17.1 Å². The van der Waals surface area contributed by atoms with E-state index in [9.17, 15) is 34.0 Å². The number of ether oxygens (including phenoxy) is 1. The third-order valence-corrected chi connectivity index (χ3v) is 8.69. The number of carbonyl (C=O) groups is 4. The van der Waals surface area contributed by atoms with Gasteiger partial charge in [-0.05, 0) is 55.7 Å². The van der Waals surface area contributed by atoms with Crippen LogP contribution in [0.5, 0.6) is 0 Å². The molecule has 1 aromatic heterocycles. The number of nitrogens with zero attached hydrogens (tertiary/aromatic N) is 1.